The number of nitrogens with two attached hydrogens (primary N) is 1. The number of alkyl halides is 4. The molecule has 260 valence electrons. The summed E-state index contributed by atoms with van der Waals surface area (Å²) >= 11 is 0. The molecule has 3 aromatic carbocycles. The topological polar surface area (TPSA) is 229 Å². The fourth-order valence-electron chi connectivity index (χ4n) is 4.63. The van der Waals surface area contributed by atoms with Crippen LogP contribution in [-0.2, 0) is 42.9 Å². The Hall–Kier alpha value is -4.50. The van der Waals surface area contributed by atoms with Gasteiger partial charge in [-0.15, -0.1) is 0 Å². The van der Waals surface area contributed by atoms with Crippen molar-refractivity contribution in [2.75, 3.05) is 0 Å². The lowest BCUT2D eigenvalue weighted by Gasteiger charge is -2.23. The molecule has 0 spiro atoms. The second-order valence-corrected chi connectivity index (χ2v) is 14.2. The molecule has 0 fully saturated rings. The van der Waals surface area contributed by atoms with E-state index in [4.69, 9.17) is 25.3 Å². The van der Waals surface area contributed by atoms with E-state index in [-0.39, 0.29) is 29.5 Å². The summed E-state index contributed by atoms with van der Waals surface area (Å²) in [5.74, 6) is -2.86. The van der Waals surface area contributed by atoms with Crippen molar-refractivity contribution in [1.29, 1.82) is 0 Å². The minimum Gasteiger partial charge on any atom is -0.368 e. The van der Waals surface area contributed by atoms with Crippen molar-refractivity contribution in [3.8, 4) is 0 Å². The van der Waals surface area contributed by atoms with Crippen LogP contribution in [0.4, 0.5) is 17.6 Å². The summed E-state index contributed by atoms with van der Waals surface area (Å²) in [5, 5.41) is 5.44. The number of rotatable bonds is 13. The van der Waals surface area contributed by atoms with Gasteiger partial charge in [-0.05, 0) is 23.3 Å². The molecule has 0 aliphatic heterocycles. The Balaban J connectivity index is 1.59. The summed E-state index contributed by atoms with van der Waals surface area (Å²) in [7, 11) is -11.7. The van der Waals surface area contributed by atoms with Crippen LogP contribution >= 0.6 is 15.2 Å². The van der Waals surface area contributed by atoms with Crippen LogP contribution in [-0.4, -0.2) is 54.4 Å². The number of carbonyl (C=O) groups excluding carboxylic acids is 3. The van der Waals surface area contributed by atoms with Gasteiger partial charge in [-0.2, -0.15) is 17.6 Å². The Labute approximate surface area is 274 Å². The lowest BCUT2D eigenvalue weighted by molar-refractivity contribution is -0.128. The van der Waals surface area contributed by atoms with Crippen molar-refractivity contribution < 1.29 is 60.6 Å². The highest BCUT2D eigenvalue weighted by Crippen LogP contribution is 2.60. The highest BCUT2D eigenvalue weighted by molar-refractivity contribution is 7.52. The third kappa shape index (κ3) is 8.57. The third-order valence-corrected chi connectivity index (χ3v) is 9.33. The van der Waals surface area contributed by atoms with E-state index in [0.29, 0.717) is 10.9 Å². The molecule has 0 bridgehead atoms. The predicted molar refractivity (Wildman–Crippen MR) is 166 cm³/mol. The maximum Gasteiger partial charge on any atom is 0.399 e. The van der Waals surface area contributed by atoms with E-state index in [1.807, 2.05) is 0 Å². The van der Waals surface area contributed by atoms with Gasteiger partial charge >= 0.3 is 26.5 Å². The van der Waals surface area contributed by atoms with Crippen LogP contribution in [0, 0.1) is 0 Å². The van der Waals surface area contributed by atoms with Crippen LogP contribution in [0.3, 0.4) is 0 Å². The SMILES string of the molecule is NC(=O)C(Cc1ccc(C(F)(F)P(=O)(O)O)cc1)NC(=O)C(Cc1ccc(C(F)(F)P(=O)(O)O)cc1)NC(=O)c1cnc2ccccc2c1. The monoisotopic (exact) mass is 726 g/mol. The number of nitrogens with one attached hydrogen (secondary N) is 2. The second kappa shape index (κ2) is 14.2. The smallest absolute Gasteiger partial charge is 0.368 e. The molecule has 19 heteroatoms. The molecule has 8 N–H and O–H groups in total. The number of pyridine rings is 1. The molecular formula is C30H28F4N4O9P2. The molecule has 0 radical (unpaired) electrons. The summed E-state index contributed by atoms with van der Waals surface area (Å²) in [4.78, 5) is 79.3. The van der Waals surface area contributed by atoms with Crippen molar-refractivity contribution in [1.82, 2.24) is 15.6 Å². The van der Waals surface area contributed by atoms with Crippen LogP contribution in [0.15, 0.2) is 85.1 Å². The predicted octanol–water partition coefficient (Wildman–Crippen LogP) is 3.24. The Morgan fingerprint density at radius 3 is 1.67 bits per heavy atom. The van der Waals surface area contributed by atoms with Gasteiger partial charge in [0.05, 0.1) is 11.1 Å². The first kappa shape index (κ1) is 37.3. The Kier molecular flexibility index (Phi) is 10.8. The summed E-state index contributed by atoms with van der Waals surface area (Å²) in [6.45, 7) is 0. The van der Waals surface area contributed by atoms with Crippen molar-refractivity contribution in [2.24, 2.45) is 5.73 Å². The molecular weight excluding hydrogens is 698 g/mol. The molecule has 2 unspecified atom stereocenters. The molecule has 13 nitrogen and oxygen atoms in total. The van der Waals surface area contributed by atoms with Crippen LogP contribution in [0.2, 0.25) is 0 Å². The van der Waals surface area contributed by atoms with Gasteiger partial charge in [0.1, 0.15) is 12.1 Å². The highest BCUT2D eigenvalue weighted by Gasteiger charge is 2.51. The van der Waals surface area contributed by atoms with E-state index < -0.39 is 67.5 Å². The largest absolute Gasteiger partial charge is 0.399 e. The zero-order chi connectivity index (χ0) is 36.4. The lowest BCUT2D eigenvalue weighted by atomic mass is 10.0. The first-order chi connectivity index (χ1) is 22.7. The maximum absolute atomic E-state index is 14.2. The van der Waals surface area contributed by atoms with Crippen molar-refractivity contribution in [3.63, 3.8) is 0 Å². The number of primary amides is 1. The molecule has 4 rings (SSSR count). The zero-order valence-electron chi connectivity index (χ0n) is 24.9. The number of hydrogen-bond donors (Lipinski definition) is 7. The van der Waals surface area contributed by atoms with E-state index in [1.165, 1.54) is 12.3 Å². The third-order valence-electron chi connectivity index (χ3n) is 7.35. The van der Waals surface area contributed by atoms with Gasteiger partial charge in [0.2, 0.25) is 11.8 Å². The van der Waals surface area contributed by atoms with E-state index in [9.17, 15) is 41.1 Å². The molecule has 4 aromatic rings. The first-order valence-electron chi connectivity index (χ1n) is 14.0. The van der Waals surface area contributed by atoms with Crippen LogP contribution < -0.4 is 16.4 Å². The number of benzene rings is 3. The summed E-state index contributed by atoms with van der Waals surface area (Å²) < 4.78 is 78.9. The summed E-state index contributed by atoms with van der Waals surface area (Å²) in [6, 6.07) is 12.5. The number of fused-ring (bicyclic) bond motifs is 1. The fourth-order valence-corrected chi connectivity index (χ4v) is 5.60. The number of halogens is 4. The average molecular weight is 727 g/mol. The summed E-state index contributed by atoms with van der Waals surface area (Å²) in [5.41, 5.74) is -4.61. The fraction of sp³-hybridized carbons (Fsp3) is 0.200. The van der Waals surface area contributed by atoms with Crippen molar-refractivity contribution >= 4 is 43.8 Å². The van der Waals surface area contributed by atoms with Crippen LogP contribution in [0.1, 0.15) is 32.6 Å². The van der Waals surface area contributed by atoms with Crippen LogP contribution in [0.25, 0.3) is 10.9 Å². The van der Waals surface area contributed by atoms with Gasteiger partial charge in [0, 0.05) is 35.6 Å². The number of para-hydroxylation sites is 1. The molecule has 3 amide bonds. The molecule has 0 aliphatic rings. The van der Waals surface area contributed by atoms with E-state index >= 15 is 0 Å². The molecule has 0 aliphatic carbocycles. The minimum absolute atomic E-state index is 0.0341. The first-order valence-corrected chi connectivity index (χ1v) is 17.2. The van der Waals surface area contributed by atoms with Gasteiger partial charge in [-0.25, -0.2) is 0 Å². The van der Waals surface area contributed by atoms with E-state index in [1.54, 1.807) is 24.3 Å². The molecule has 0 saturated carbocycles. The normalized spacial score (nSPS) is 13.8. The maximum atomic E-state index is 14.2. The van der Waals surface area contributed by atoms with Gasteiger partial charge in [0.15, 0.2) is 0 Å². The van der Waals surface area contributed by atoms with Crippen molar-refractivity contribution in [3.05, 3.63) is 113 Å². The molecule has 49 heavy (non-hydrogen) atoms. The number of hydrogen-bond acceptors (Lipinski definition) is 6. The molecule has 1 heterocycles. The average Bonchev–Trinajstić information content (AvgIpc) is 3.03. The van der Waals surface area contributed by atoms with E-state index in [2.05, 4.69) is 15.6 Å². The van der Waals surface area contributed by atoms with Crippen molar-refractivity contribution in [2.45, 2.75) is 36.3 Å². The quantitative estimate of drug-likeness (QED) is 0.0786. The Morgan fingerprint density at radius 1 is 0.735 bits per heavy atom. The Bertz CT molecular complexity index is 1970. The highest BCUT2D eigenvalue weighted by atomic mass is 31.2. The number of nitrogens with zero attached hydrogens (tertiary/aromatic N) is 1. The van der Waals surface area contributed by atoms with Gasteiger partial charge in [-0.1, -0.05) is 66.7 Å². The number of carbonyl (C=O) groups is 3. The standard InChI is InChI=1S/C30H28F4N4O9P2/c31-29(32,48(42,43)44)21-9-5-17(6-10-21)13-24(26(35)39)37-28(41)25(14-18-7-11-22(12-8-18)30(33,34)49(45,46)47)38-27(40)20-15-19-3-1-2-4-23(19)36-16-20/h1-12,15-16,24-25H,13-14H2,(H2,35,39)(H,37,41)(H,38,40)(H2,42,43,44)(H2,45,46,47). The second-order valence-electron chi connectivity index (χ2n) is 10.9. The van der Waals surface area contributed by atoms with Gasteiger partial charge in [0.25, 0.3) is 5.91 Å². The summed E-state index contributed by atoms with van der Waals surface area (Å²) in [6.07, 6.45) is 0.500. The van der Waals surface area contributed by atoms with Gasteiger partial charge < -0.3 is 35.9 Å². The Morgan fingerprint density at radius 2 is 1.20 bits per heavy atom. The lowest BCUT2D eigenvalue weighted by Crippen LogP contribution is -2.54. The van der Waals surface area contributed by atoms with Crippen LogP contribution in [0.5, 0.6) is 0 Å². The molecule has 1 aromatic heterocycles. The zero-order valence-corrected chi connectivity index (χ0v) is 26.7. The van der Waals surface area contributed by atoms with E-state index in [0.717, 1.165) is 48.5 Å². The number of aromatic nitrogens is 1. The molecule has 0 saturated heterocycles. The number of amides is 3. The minimum atomic E-state index is -5.87. The molecule has 2 atom stereocenters. The van der Waals surface area contributed by atoms with Gasteiger partial charge in [-0.3, -0.25) is 28.5 Å².